The number of nitrogens with one attached hydrogen (secondary N) is 2. The predicted octanol–water partition coefficient (Wildman–Crippen LogP) is 1.79. The van der Waals surface area contributed by atoms with E-state index >= 15 is 0 Å². The van der Waals surface area contributed by atoms with Gasteiger partial charge in [-0.3, -0.25) is 9.59 Å². The van der Waals surface area contributed by atoms with E-state index in [1.54, 1.807) is 42.5 Å². The predicted molar refractivity (Wildman–Crippen MR) is 91.4 cm³/mol. The van der Waals surface area contributed by atoms with Crippen molar-refractivity contribution in [3.63, 3.8) is 0 Å². The molecule has 0 aliphatic heterocycles. The summed E-state index contributed by atoms with van der Waals surface area (Å²) in [6, 6.07) is 12.2. The van der Waals surface area contributed by atoms with Gasteiger partial charge >= 0.3 is 5.97 Å². The molecule has 1 aromatic heterocycles. The number of benzene rings is 2. The van der Waals surface area contributed by atoms with Crippen LogP contribution in [0.4, 0.5) is 0 Å². The number of hydrogen-bond donors (Lipinski definition) is 3. The molecular formula is C18H15N3O4. The first kappa shape index (κ1) is 16.4. The summed E-state index contributed by atoms with van der Waals surface area (Å²) in [4.78, 5) is 36.0. The van der Waals surface area contributed by atoms with Crippen molar-refractivity contribution in [2.24, 2.45) is 0 Å². The standard InChI is InChI=1S/C18H15N3O4/c1-10-5-4-6-11(9-10)14(18(24)25)19-17(23)15-12-7-2-3-8-13(12)16(22)21-20-15/h2-9,14H,1H3,(H,19,23)(H,21,22)(H,24,25). The highest BCUT2D eigenvalue weighted by Crippen LogP contribution is 2.17. The number of rotatable bonds is 4. The Balaban J connectivity index is 1.99. The fourth-order valence-electron chi connectivity index (χ4n) is 2.62. The third-order valence-electron chi connectivity index (χ3n) is 3.81. The van der Waals surface area contributed by atoms with Gasteiger partial charge in [0.2, 0.25) is 0 Å². The third kappa shape index (κ3) is 3.25. The summed E-state index contributed by atoms with van der Waals surface area (Å²) < 4.78 is 0. The second-order valence-corrected chi connectivity index (χ2v) is 5.61. The molecule has 0 aliphatic rings. The van der Waals surface area contributed by atoms with Crippen LogP contribution in [0.25, 0.3) is 10.8 Å². The molecule has 0 saturated carbocycles. The molecule has 126 valence electrons. The molecule has 1 atom stereocenters. The molecule has 7 nitrogen and oxygen atoms in total. The van der Waals surface area contributed by atoms with Gasteiger partial charge in [-0.15, -0.1) is 0 Å². The quantitative estimate of drug-likeness (QED) is 0.672. The molecule has 3 rings (SSSR count). The molecule has 1 amide bonds. The second kappa shape index (κ2) is 6.56. The highest BCUT2D eigenvalue weighted by Gasteiger charge is 2.24. The lowest BCUT2D eigenvalue weighted by molar-refractivity contribution is -0.139. The minimum Gasteiger partial charge on any atom is -0.479 e. The summed E-state index contributed by atoms with van der Waals surface area (Å²) in [6.07, 6.45) is 0. The van der Waals surface area contributed by atoms with Crippen LogP contribution in [0.2, 0.25) is 0 Å². The normalized spacial score (nSPS) is 11.9. The van der Waals surface area contributed by atoms with E-state index in [4.69, 9.17) is 0 Å². The Morgan fingerprint density at radius 1 is 1.12 bits per heavy atom. The van der Waals surface area contributed by atoms with Crippen LogP contribution in [0, 0.1) is 6.92 Å². The Morgan fingerprint density at radius 2 is 1.84 bits per heavy atom. The molecule has 0 aliphatic carbocycles. The maximum Gasteiger partial charge on any atom is 0.330 e. The highest BCUT2D eigenvalue weighted by atomic mass is 16.4. The number of aromatic amines is 1. The van der Waals surface area contributed by atoms with Crippen LogP contribution in [0.5, 0.6) is 0 Å². The Labute approximate surface area is 142 Å². The lowest BCUT2D eigenvalue weighted by atomic mass is 10.0. The molecule has 0 fully saturated rings. The molecule has 1 heterocycles. The van der Waals surface area contributed by atoms with Crippen LogP contribution in [0.3, 0.4) is 0 Å². The zero-order valence-corrected chi connectivity index (χ0v) is 13.3. The van der Waals surface area contributed by atoms with Gasteiger partial charge in [-0.05, 0) is 18.6 Å². The largest absolute Gasteiger partial charge is 0.479 e. The van der Waals surface area contributed by atoms with Gasteiger partial charge in [0.05, 0.1) is 5.39 Å². The SMILES string of the molecule is Cc1cccc(C(NC(=O)c2n[nH]c(=O)c3ccccc23)C(=O)O)c1. The van der Waals surface area contributed by atoms with Crippen molar-refractivity contribution in [3.8, 4) is 0 Å². The maximum atomic E-state index is 12.6. The highest BCUT2D eigenvalue weighted by molar-refractivity contribution is 6.05. The first-order chi connectivity index (χ1) is 12.0. The summed E-state index contributed by atoms with van der Waals surface area (Å²) in [5.41, 5.74) is 0.884. The number of amides is 1. The van der Waals surface area contributed by atoms with E-state index in [0.717, 1.165) is 5.56 Å². The van der Waals surface area contributed by atoms with Crippen LogP contribution in [-0.4, -0.2) is 27.2 Å². The lowest BCUT2D eigenvalue weighted by Crippen LogP contribution is -2.35. The molecule has 0 bridgehead atoms. The van der Waals surface area contributed by atoms with Gasteiger partial charge in [0.1, 0.15) is 0 Å². The fraction of sp³-hybridized carbons (Fsp3) is 0.111. The van der Waals surface area contributed by atoms with Crippen molar-refractivity contribution < 1.29 is 14.7 Å². The number of aliphatic carboxylic acids is 1. The van der Waals surface area contributed by atoms with Gasteiger partial charge in [0, 0.05) is 5.39 Å². The van der Waals surface area contributed by atoms with E-state index in [1.165, 1.54) is 0 Å². The molecule has 25 heavy (non-hydrogen) atoms. The maximum absolute atomic E-state index is 12.6. The van der Waals surface area contributed by atoms with Crippen LogP contribution in [0.1, 0.15) is 27.7 Å². The first-order valence-electron chi connectivity index (χ1n) is 7.55. The summed E-state index contributed by atoms with van der Waals surface area (Å²) in [5.74, 6) is -1.87. The van der Waals surface area contributed by atoms with E-state index in [1.807, 2.05) is 13.0 Å². The van der Waals surface area contributed by atoms with Gasteiger partial charge in [0.15, 0.2) is 11.7 Å². The summed E-state index contributed by atoms with van der Waals surface area (Å²) in [7, 11) is 0. The Morgan fingerprint density at radius 3 is 2.52 bits per heavy atom. The van der Waals surface area contributed by atoms with E-state index in [0.29, 0.717) is 16.3 Å². The lowest BCUT2D eigenvalue weighted by Gasteiger charge is -2.15. The average Bonchev–Trinajstić information content (AvgIpc) is 2.59. The van der Waals surface area contributed by atoms with Crippen LogP contribution in [0.15, 0.2) is 53.3 Å². The number of carbonyl (C=O) groups excluding carboxylic acids is 1. The molecule has 0 radical (unpaired) electrons. The molecule has 1 unspecified atom stereocenters. The summed E-state index contributed by atoms with van der Waals surface area (Å²) in [5, 5.41) is 18.7. The number of fused-ring (bicyclic) bond motifs is 1. The van der Waals surface area contributed by atoms with Crippen LogP contribution < -0.4 is 10.9 Å². The zero-order chi connectivity index (χ0) is 18.0. The number of carboxylic acid groups (broad SMARTS) is 1. The third-order valence-corrected chi connectivity index (χ3v) is 3.81. The minimum atomic E-state index is -1.22. The number of aryl methyl sites for hydroxylation is 1. The fourth-order valence-corrected chi connectivity index (χ4v) is 2.62. The van der Waals surface area contributed by atoms with Crippen molar-refractivity contribution >= 4 is 22.6 Å². The number of aromatic nitrogens is 2. The molecule has 0 spiro atoms. The molecule has 2 aromatic carbocycles. The molecular weight excluding hydrogens is 322 g/mol. The number of carbonyl (C=O) groups is 2. The van der Waals surface area contributed by atoms with Crippen molar-refractivity contribution in [2.45, 2.75) is 13.0 Å². The Hall–Kier alpha value is -3.48. The first-order valence-corrected chi connectivity index (χ1v) is 7.55. The van der Waals surface area contributed by atoms with E-state index < -0.39 is 23.5 Å². The van der Waals surface area contributed by atoms with Crippen molar-refractivity contribution in [2.75, 3.05) is 0 Å². The van der Waals surface area contributed by atoms with Crippen molar-refractivity contribution in [1.82, 2.24) is 15.5 Å². The number of hydrogen-bond acceptors (Lipinski definition) is 4. The molecule has 7 heteroatoms. The van der Waals surface area contributed by atoms with Gasteiger partial charge in [-0.25, -0.2) is 9.89 Å². The van der Waals surface area contributed by atoms with Gasteiger partial charge in [-0.1, -0.05) is 48.0 Å². The number of nitrogens with zero attached hydrogens (tertiary/aromatic N) is 1. The zero-order valence-electron chi connectivity index (χ0n) is 13.3. The monoisotopic (exact) mass is 337 g/mol. The van der Waals surface area contributed by atoms with E-state index in [9.17, 15) is 19.5 Å². The van der Waals surface area contributed by atoms with Gasteiger partial charge in [-0.2, -0.15) is 5.10 Å². The Kier molecular flexibility index (Phi) is 4.30. The summed E-state index contributed by atoms with van der Waals surface area (Å²) >= 11 is 0. The van der Waals surface area contributed by atoms with E-state index in [2.05, 4.69) is 15.5 Å². The number of carboxylic acids is 1. The minimum absolute atomic E-state index is 0.0332. The molecule has 0 saturated heterocycles. The smallest absolute Gasteiger partial charge is 0.330 e. The van der Waals surface area contributed by atoms with Crippen LogP contribution in [-0.2, 0) is 4.79 Å². The van der Waals surface area contributed by atoms with Gasteiger partial charge in [0.25, 0.3) is 11.5 Å². The molecule has 3 N–H and O–H groups in total. The average molecular weight is 337 g/mol. The topological polar surface area (TPSA) is 112 Å². The second-order valence-electron chi connectivity index (χ2n) is 5.61. The number of H-pyrrole nitrogens is 1. The Bertz CT molecular complexity index is 1030. The summed E-state index contributed by atoms with van der Waals surface area (Å²) in [6.45, 7) is 1.83. The van der Waals surface area contributed by atoms with Gasteiger partial charge < -0.3 is 10.4 Å². The van der Waals surface area contributed by atoms with Crippen molar-refractivity contribution in [3.05, 3.63) is 75.7 Å². The van der Waals surface area contributed by atoms with Crippen LogP contribution >= 0.6 is 0 Å². The van der Waals surface area contributed by atoms with Crippen molar-refractivity contribution in [1.29, 1.82) is 0 Å². The van der Waals surface area contributed by atoms with E-state index in [-0.39, 0.29) is 5.69 Å². The molecule has 3 aromatic rings.